The zero-order valence-electron chi connectivity index (χ0n) is 10.4. The second-order valence-electron chi connectivity index (χ2n) is 4.80. The molecule has 1 N–H and O–H groups in total. The lowest BCUT2D eigenvalue weighted by atomic mass is 9.91. The first-order valence-corrected chi connectivity index (χ1v) is 5.21. The summed E-state index contributed by atoms with van der Waals surface area (Å²) in [4.78, 5) is 21.6. The van der Waals surface area contributed by atoms with Crippen LogP contribution in [-0.4, -0.2) is 17.0 Å². The SMILES string of the molecule is CC(=O)OCc1cc(C(=O)O)oc1C(C)(C)C. The van der Waals surface area contributed by atoms with Crippen LogP contribution in [0.25, 0.3) is 0 Å². The number of rotatable bonds is 3. The summed E-state index contributed by atoms with van der Waals surface area (Å²) in [6.45, 7) is 7.02. The molecule has 0 fully saturated rings. The van der Waals surface area contributed by atoms with E-state index in [-0.39, 0.29) is 17.8 Å². The third kappa shape index (κ3) is 3.34. The number of hydrogen-bond donors (Lipinski definition) is 1. The highest BCUT2D eigenvalue weighted by molar-refractivity contribution is 5.84. The van der Waals surface area contributed by atoms with E-state index in [2.05, 4.69) is 0 Å². The average Bonchev–Trinajstić information content (AvgIpc) is 2.57. The minimum absolute atomic E-state index is 0.0265. The van der Waals surface area contributed by atoms with Crippen molar-refractivity contribution in [2.24, 2.45) is 0 Å². The number of carbonyl (C=O) groups is 2. The van der Waals surface area contributed by atoms with Gasteiger partial charge in [0.1, 0.15) is 12.4 Å². The molecule has 1 heterocycles. The van der Waals surface area contributed by atoms with Gasteiger partial charge in [-0.1, -0.05) is 20.8 Å². The fraction of sp³-hybridized carbons (Fsp3) is 0.500. The van der Waals surface area contributed by atoms with E-state index in [9.17, 15) is 9.59 Å². The molecule has 1 aromatic rings. The predicted octanol–water partition coefficient (Wildman–Crippen LogP) is 2.34. The number of ether oxygens (including phenoxy) is 1. The summed E-state index contributed by atoms with van der Waals surface area (Å²) < 4.78 is 10.1. The van der Waals surface area contributed by atoms with E-state index >= 15 is 0 Å². The number of carboxylic acids is 1. The Hall–Kier alpha value is -1.78. The third-order valence-electron chi connectivity index (χ3n) is 2.13. The fourth-order valence-corrected chi connectivity index (χ4v) is 1.46. The number of esters is 1. The Balaban J connectivity index is 3.08. The van der Waals surface area contributed by atoms with E-state index in [1.165, 1.54) is 13.0 Å². The highest BCUT2D eigenvalue weighted by atomic mass is 16.5. The Morgan fingerprint density at radius 1 is 1.41 bits per heavy atom. The lowest BCUT2D eigenvalue weighted by Crippen LogP contribution is -2.13. The van der Waals surface area contributed by atoms with E-state index in [1.54, 1.807) is 0 Å². The molecule has 0 amide bonds. The highest BCUT2D eigenvalue weighted by Gasteiger charge is 2.26. The van der Waals surface area contributed by atoms with Crippen molar-refractivity contribution >= 4 is 11.9 Å². The van der Waals surface area contributed by atoms with Crippen LogP contribution >= 0.6 is 0 Å². The Labute approximate surface area is 99.4 Å². The molecule has 0 bridgehead atoms. The van der Waals surface area contributed by atoms with Gasteiger partial charge in [0, 0.05) is 17.9 Å². The van der Waals surface area contributed by atoms with Crippen LogP contribution in [0, 0.1) is 0 Å². The molecule has 0 spiro atoms. The molecule has 17 heavy (non-hydrogen) atoms. The van der Waals surface area contributed by atoms with Crippen molar-refractivity contribution in [2.45, 2.75) is 39.7 Å². The topological polar surface area (TPSA) is 76.7 Å². The summed E-state index contributed by atoms with van der Waals surface area (Å²) in [7, 11) is 0. The molecule has 1 rings (SSSR count). The van der Waals surface area contributed by atoms with Crippen LogP contribution in [0.4, 0.5) is 0 Å². The van der Waals surface area contributed by atoms with E-state index in [4.69, 9.17) is 14.3 Å². The first kappa shape index (κ1) is 13.3. The van der Waals surface area contributed by atoms with Crippen LogP contribution in [0.1, 0.15) is 49.6 Å². The van der Waals surface area contributed by atoms with E-state index in [1.807, 2.05) is 20.8 Å². The van der Waals surface area contributed by atoms with Gasteiger partial charge in [0.25, 0.3) is 0 Å². The van der Waals surface area contributed by atoms with Crippen molar-refractivity contribution in [1.29, 1.82) is 0 Å². The number of aromatic carboxylic acids is 1. The summed E-state index contributed by atoms with van der Waals surface area (Å²) in [5.74, 6) is -1.17. The molecule has 94 valence electrons. The van der Waals surface area contributed by atoms with Gasteiger partial charge in [-0.3, -0.25) is 4.79 Å². The van der Waals surface area contributed by atoms with Gasteiger partial charge in [-0.15, -0.1) is 0 Å². The fourth-order valence-electron chi connectivity index (χ4n) is 1.46. The molecule has 0 aliphatic heterocycles. The summed E-state index contributed by atoms with van der Waals surface area (Å²) in [6.07, 6.45) is 0. The Morgan fingerprint density at radius 3 is 2.41 bits per heavy atom. The molecular formula is C12H16O5. The highest BCUT2D eigenvalue weighted by Crippen LogP contribution is 2.29. The maximum absolute atomic E-state index is 10.8. The molecule has 0 unspecified atom stereocenters. The van der Waals surface area contributed by atoms with Gasteiger partial charge in [-0.25, -0.2) is 4.79 Å². The zero-order chi connectivity index (χ0) is 13.2. The van der Waals surface area contributed by atoms with E-state index in [0.717, 1.165) is 0 Å². The number of carbonyl (C=O) groups excluding carboxylic acids is 1. The summed E-state index contributed by atoms with van der Waals surface area (Å²) in [6, 6.07) is 1.39. The smallest absolute Gasteiger partial charge is 0.371 e. The van der Waals surface area contributed by atoms with Crippen molar-refractivity contribution in [1.82, 2.24) is 0 Å². The van der Waals surface area contributed by atoms with Crippen LogP contribution in [0.2, 0.25) is 0 Å². The monoisotopic (exact) mass is 240 g/mol. The largest absolute Gasteiger partial charge is 0.475 e. The van der Waals surface area contributed by atoms with Crippen molar-refractivity contribution < 1.29 is 23.8 Å². The number of carboxylic acid groups (broad SMARTS) is 1. The predicted molar refractivity (Wildman–Crippen MR) is 59.8 cm³/mol. The van der Waals surface area contributed by atoms with Crippen molar-refractivity contribution in [3.05, 3.63) is 23.2 Å². The van der Waals surface area contributed by atoms with E-state index in [0.29, 0.717) is 11.3 Å². The van der Waals surface area contributed by atoms with Gasteiger partial charge in [0.2, 0.25) is 5.76 Å². The lowest BCUT2D eigenvalue weighted by Gasteiger charge is -2.17. The summed E-state index contributed by atoms with van der Waals surface area (Å²) >= 11 is 0. The molecule has 0 aromatic carbocycles. The van der Waals surface area contributed by atoms with E-state index < -0.39 is 11.9 Å². The number of hydrogen-bond acceptors (Lipinski definition) is 4. The van der Waals surface area contributed by atoms with Crippen molar-refractivity contribution in [3.63, 3.8) is 0 Å². The van der Waals surface area contributed by atoms with Gasteiger partial charge in [0.05, 0.1) is 0 Å². The molecule has 0 aliphatic rings. The molecule has 5 nitrogen and oxygen atoms in total. The van der Waals surface area contributed by atoms with Crippen LogP contribution in [-0.2, 0) is 21.6 Å². The van der Waals surface area contributed by atoms with Gasteiger partial charge < -0.3 is 14.3 Å². The number of furan rings is 1. The molecule has 5 heteroatoms. The van der Waals surface area contributed by atoms with Crippen LogP contribution in [0.15, 0.2) is 10.5 Å². The summed E-state index contributed by atoms with van der Waals surface area (Å²) in [5.41, 5.74) is 0.244. The zero-order valence-corrected chi connectivity index (χ0v) is 10.4. The standard InChI is InChI=1S/C12H16O5/c1-7(13)16-6-8-5-9(11(14)15)17-10(8)12(2,3)4/h5H,6H2,1-4H3,(H,14,15). The molecule has 0 atom stereocenters. The Morgan fingerprint density at radius 2 is 2.00 bits per heavy atom. The van der Waals surface area contributed by atoms with Crippen molar-refractivity contribution in [3.8, 4) is 0 Å². The first-order chi connectivity index (χ1) is 7.71. The second-order valence-corrected chi connectivity index (χ2v) is 4.80. The lowest BCUT2D eigenvalue weighted by molar-refractivity contribution is -0.142. The normalized spacial score (nSPS) is 11.3. The maximum atomic E-state index is 10.8. The molecule has 0 saturated carbocycles. The van der Waals surface area contributed by atoms with Gasteiger partial charge in [-0.05, 0) is 6.07 Å². The van der Waals surface area contributed by atoms with Crippen molar-refractivity contribution in [2.75, 3.05) is 0 Å². The third-order valence-corrected chi connectivity index (χ3v) is 2.13. The van der Waals surface area contributed by atoms with Gasteiger partial charge >= 0.3 is 11.9 Å². The molecule has 0 radical (unpaired) electrons. The van der Waals surface area contributed by atoms with Crippen LogP contribution in [0.5, 0.6) is 0 Å². The molecular weight excluding hydrogens is 224 g/mol. The quantitative estimate of drug-likeness (QED) is 0.820. The molecule has 0 aliphatic carbocycles. The van der Waals surface area contributed by atoms with Gasteiger partial charge in [0.15, 0.2) is 0 Å². The van der Waals surface area contributed by atoms with Crippen LogP contribution < -0.4 is 0 Å². The minimum atomic E-state index is -1.13. The average molecular weight is 240 g/mol. The van der Waals surface area contributed by atoms with Crippen LogP contribution in [0.3, 0.4) is 0 Å². The first-order valence-electron chi connectivity index (χ1n) is 5.21. The Bertz CT molecular complexity index is 436. The molecule has 0 saturated heterocycles. The summed E-state index contributed by atoms with van der Waals surface area (Å²) in [5, 5.41) is 8.86. The van der Waals surface area contributed by atoms with Gasteiger partial charge in [-0.2, -0.15) is 0 Å². The Kier molecular flexibility index (Phi) is 3.60. The second kappa shape index (κ2) is 4.61. The molecule has 1 aromatic heterocycles. The maximum Gasteiger partial charge on any atom is 0.371 e. The minimum Gasteiger partial charge on any atom is -0.475 e.